The fourth-order valence-corrected chi connectivity index (χ4v) is 4.23. The van der Waals surface area contributed by atoms with Crippen LogP contribution in [-0.2, 0) is 14.8 Å². The van der Waals surface area contributed by atoms with Crippen LogP contribution in [0, 0.1) is 6.92 Å². The van der Waals surface area contributed by atoms with Gasteiger partial charge in [0.05, 0.1) is 17.5 Å². The molecule has 146 valence electrons. The molecule has 1 aromatic carbocycles. The zero-order valence-electron chi connectivity index (χ0n) is 15.9. The Bertz CT molecular complexity index is 728. The van der Waals surface area contributed by atoms with Gasteiger partial charge in [-0.3, -0.25) is 4.79 Å². The van der Waals surface area contributed by atoms with Gasteiger partial charge in [0.2, 0.25) is 15.9 Å². The molecule has 26 heavy (non-hydrogen) atoms. The summed E-state index contributed by atoms with van der Waals surface area (Å²) in [7, 11) is -1.73. The lowest BCUT2D eigenvalue weighted by molar-refractivity contribution is -0.123. The second-order valence-electron chi connectivity index (χ2n) is 6.79. The van der Waals surface area contributed by atoms with Crippen LogP contribution in [0.15, 0.2) is 23.1 Å². The highest BCUT2D eigenvalue weighted by molar-refractivity contribution is 7.89. The number of rotatable bonds is 7. The Morgan fingerprint density at radius 2 is 2.00 bits per heavy atom. The quantitative estimate of drug-likeness (QED) is 0.740. The second kappa shape index (κ2) is 8.83. The van der Waals surface area contributed by atoms with Crippen molar-refractivity contribution in [2.75, 3.05) is 26.7 Å². The summed E-state index contributed by atoms with van der Waals surface area (Å²) in [4.78, 5) is 14.7. The highest BCUT2D eigenvalue weighted by Gasteiger charge is 2.25. The van der Waals surface area contributed by atoms with Crippen LogP contribution in [0.25, 0.3) is 0 Å². The van der Waals surface area contributed by atoms with Crippen molar-refractivity contribution >= 4 is 15.9 Å². The van der Waals surface area contributed by atoms with Crippen LogP contribution in [0.3, 0.4) is 0 Å². The van der Waals surface area contributed by atoms with Crippen LogP contribution in [0.2, 0.25) is 0 Å². The third kappa shape index (κ3) is 5.43. The smallest absolute Gasteiger partial charge is 0.241 e. The third-order valence-corrected chi connectivity index (χ3v) is 6.09. The van der Waals surface area contributed by atoms with Crippen LogP contribution in [0.4, 0.5) is 0 Å². The van der Waals surface area contributed by atoms with E-state index in [1.165, 1.54) is 6.07 Å². The first-order chi connectivity index (χ1) is 12.2. The first kappa shape index (κ1) is 20.7. The maximum absolute atomic E-state index is 12.6. The molecule has 1 atom stereocenters. The number of amides is 1. The molecular weight excluding hydrogens is 354 g/mol. The van der Waals surface area contributed by atoms with E-state index in [0.717, 1.165) is 31.5 Å². The number of hydrogen-bond donors (Lipinski definition) is 2. The van der Waals surface area contributed by atoms with Gasteiger partial charge in [-0.05, 0) is 77.5 Å². The second-order valence-corrected chi connectivity index (χ2v) is 8.50. The zero-order valence-corrected chi connectivity index (χ0v) is 16.7. The van der Waals surface area contributed by atoms with E-state index in [1.807, 2.05) is 14.0 Å². The first-order valence-electron chi connectivity index (χ1n) is 8.97. The highest BCUT2D eigenvalue weighted by atomic mass is 32.2. The third-order valence-electron chi connectivity index (χ3n) is 4.55. The molecule has 1 amide bonds. The van der Waals surface area contributed by atoms with E-state index in [0.29, 0.717) is 12.4 Å². The van der Waals surface area contributed by atoms with E-state index in [-0.39, 0.29) is 16.8 Å². The number of carbonyl (C=O) groups is 1. The summed E-state index contributed by atoms with van der Waals surface area (Å²) >= 11 is 0. The number of ether oxygens (including phenoxy) is 1. The molecule has 2 N–H and O–H groups in total. The summed E-state index contributed by atoms with van der Waals surface area (Å²) in [6.07, 6.45) is 1.75. The Morgan fingerprint density at radius 1 is 1.35 bits per heavy atom. The summed E-state index contributed by atoms with van der Waals surface area (Å²) in [6.45, 7) is 7.59. The number of likely N-dealkylation sites (tertiary alicyclic amines) is 1. The van der Waals surface area contributed by atoms with Gasteiger partial charge in [-0.2, -0.15) is 4.72 Å². The Morgan fingerprint density at radius 3 is 2.58 bits per heavy atom. The lowest BCUT2D eigenvalue weighted by atomic mass is 10.1. The predicted octanol–water partition coefficient (Wildman–Crippen LogP) is 1.27. The number of carbonyl (C=O) groups excluding carboxylic acids is 1. The Kier molecular flexibility index (Phi) is 7.02. The van der Waals surface area contributed by atoms with E-state index in [9.17, 15) is 13.2 Å². The minimum atomic E-state index is -3.78. The molecule has 0 aliphatic carbocycles. The van der Waals surface area contributed by atoms with Crippen LogP contribution in [0.1, 0.15) is 32.3 Å². The number of nitrogens with zero attached hydrogens (tertiary/aromatic N) is 1. The van der Waals surface area contributed by atoms with Gasteiger partial charge in [-0.15, -0.1) is 0 Å². The number of hydrogen-bond acceptors (Lipinski definition) is 5. The Balaban J connectivity index is 1.99. The summed E-state index contributed by atoms with van der Waals surface area (Å²) in [5.41, 5.74) is 0.734. The molecule has 1 fully saturated rings. The SMILES string of the molecule is CCOc1ccc(S(=O)(=O)NC(C)C(=O)NC2CCN(C)CC2)cc1C. The molecule has 1 unspecified atom stereocenters. The van der Waals surface area contributed by atoms with Crippen LogP contribution in [-0.4, -0.2) is 58.1 Å². The number of benzene rings is 1. The first-order valence-corrected chi connectivity index (χ1v) is 10.5. The molecule has 0 aromatic heterocycles. The number of piperidine rings is 1. The van der Waals surface area contributed by atoms with Gasteiger partial charge < -0.3 is 15.0 Å². The molecule has 8 heteroatoms. The van der Waals surface area contributed by atoms with Gasteiger partial charge in [0.15, 0.2) is 0 Å². The van der Waals surface area contributed by atoms with Gasteiger partial charge in [-0.1, -0.05) is 0 Å². The van der Waals surface area contributed by atoms with Crippen molar-refractivity contribution in [2.24, 2.45) is 0 Å². The van der Waals surface area contributed by atoms with Crippen LogP contribution in [0.5, 0.6) is 5.75 Å². The summed E-state index contributed by atoms with van der Waals surface area (Å²) < 4.78 is 33.0. The van der Waals surface area contributed by atoms with Gasteiger partial charge in [0.25, 0.3) is 0 Å². The lowest BCUT2D eigenvalue weighted by Gasteiger charge is -2.30. The van der Waals surface area contributed by atoms with E-state index in [1.54, 1.807) is 26.0 Å². The van der Waals surface area contributed by atoms with Crippen molar-refractivity contribution in [3.05, 3.63) is 23.8 Å². The van der Waals surface area contributed by atoms with Crippen molar-refractivity contribution in [1.29, 1.82) is 0 Å². The molecule has 0 bridgehead atoms. The number of sulfonamides is 1. The monoisotopic (exact) mass is 383 g/mol. The van der Waals surface area contributed by atoms with Crippen LogP contribution < -0.4 is 14.8 Å². The lowest BCUT2D eigenvalue weighted by Crippen LogP contribution is -2.50. The average molecular weight is 384 g/mol. The van der Waals surface area contributed by atoms with Gasteiger partial charge in [0, 0.05) is 6.04 Å². The maximum atomic E-state index is 12.6. The topological polar surface area (TPSA) is 87.7 Å². The molecule has 0 spiro atoms. The molecule has 2 rings (SSSR count). The maximum Gasteiger partial charge on any atom is 0.241 e. The largest absolute Gasteiger partial charge is 0.494 e. The number of aryl methyl sites for hydroxylation is 1. The Labute approximate surface area is 156 Å². The Hall–Kier alpha value is -1.64. The molecule has 1 aromatic rings. The van der Waals surface area contributed by atoms with E-state index >= 15 is 0 Å². The summed E-state index contributed by atoms with van der Waals surface area (Å²) in [5, 5.41) is 2.94. The van der Waals surface area contributed by atoms with Crippen LogP contribution >= 0.6 is 0 Å². The molecule has 1 aliphatic rings. The molecule has 0 radical (unpaired) electrons. The average Bonchev–Trinajstić information content (AvgIpc) is 2.58. The van der Waals surface area contributed by atoms with Gasteiger partial charge in [-0.25, -0.2) is 8.42 Å². The van der Waals surface area contributed by atoms with E-state index < -0.39 is 16.1 Å². The standard InChI is InChI=1S/C18H29N3O4S/c1-5-25-17-7-6-16(12-13(17)2)26(23,24)20-14(3)18(22)19-15-8-10-21(4)11-9-15/h6-7,12,14-15,20H,5,8-11H2,1-4H3,(H,19,22). The predicted molar refractivity (Wildman–Crippen MR) is 101 cm³/mol. The van der Waals surface area contributed by atoms with Crippen molar-refractivity contribution in [1.82, 2.24) is 14.9 Å². The minimum absolute atomic E-state index is 0.0957. The highest BCUT2D eigenvalue weighted by Crippen LogP contribution is 2.22. The summed E-state index contributed by atoms with van der Waals surface area (Å²) in [5.74, 6) is 0.352. The fourth-order valence-electron chi connectivity index (χ4n) is 2.94. The van der Waals surface area contributed by atoms with Gasteiger partial charge >= 0.3 is 0 Å². The van der Waals surface area contributed by atoms with Gasteiger partial charge in [0.1, 0.15) is 5.75 Å². The molecule has 1 heterocycles. The molecule has 7 nitrogen and oxygen atoms in total. The van der Waals surface area contributed by atoms with E-state index in [4.69, 9.17) is 4.74 Å². The fraction of sp³-hybridized carbons (Fsp3) is 0.611. The molecule has 0 saturated carbocycles. The van der Waals surface area contributed by atoms with Crippen molar-refractivity contribution < 1.29 is 17.9 Å². The summed E-state index contributed by atoms with van der Waals surface area (Å²) in [6, 6.07) is 3.93. The molecule has 1 saturated heterocycles. The van der Waals surface area contributed by atoms with Crippen molar-refractivity contribution in [2.45, 2.75) is 50.6 Å². The minimum Gasteiger partial charge on any atom is -0.494 e. The molecule has 1 aliphatic heterocycles. The van der Waals surface area contributed by atoms with Crippen molar-refractivity contribution in [3.8, 4) is 5.75 Å². The zero-order chi connectivity index (χ0) is 19.3. The normalized spacial score (nSPS) is 17.7. The van der Waals surface area contributed by atoms with E-state index in [2.05, 4.69) is 14.9 Å². The van der Waals surface area contributed by atoms with Crippen molar-refractivity contribution in [3.63, 3.8) is 0 Å². The molecular formula is C18H29N3O4S. The number of nitrogens with one attached hydrogen (secondary N) is 2.